The van der Waals surface area contributed by atoms with Crippen LogP contribution in [-0.4, -0.2) is 5.71 Å². The third-order valence-electron chi connectivity index (χ3n) is 1.17. The Morgan fingerprint density at radius 2 is 2.27 bits per heavy atom. The number of aliphatic imine (C=N–C) groups is 1. The van der Waals surface area contributed by atoms with Crippen LogP contribution in [0.2, 0.25) is 0 Å². The minimum absolute atomic E-state index is 0.708. The normalized spacial score (nSPS) is 22.2. The van der Waals surface area contributed by atoms with Crippen LogP contribution in [0.5, 0.6) is 0 Å². The van der Waals surface area contributed by atoms with Gasteiger partial charge >= 0.3 is 0 Å². The van der Waals surface area contributed by atoms with Gasteiger partial charge in [-0.2, -0.15) is 0 Å². The van der Waals surface area contributed by atoms with Crippen LogP contribution in [0, 0.1) is 0 Å². The first-order valence-electron chi connectivity index (χ1n) is 3.23. The maximum atomic E-state index is 5.09. The molecule has 0 saturated carbocycles. The van der Waals surface area contributed by atoms with E-state index in [1.165, 1.54) is 6.20 Å². The van der Waals surface area contributed by atoms with Gasteiger partial charge in [0.25, 0.3) is 0 Å². The third-order valence-corrected chi connectivity index (χ3v) is 1.17. The maximum absolute atomic E-state index is 5.09. The van der Waals surface area contributed by atoms with E-state index in [-0.39, 0.29) is 0 Å². The minimum atomic E-state index is 0.708. The number of nitrogens with zero attached hydrogens (tertiary/aromatic N) is 1. The lowest BCUT2D eigenvalue weighted by atomic mass is 10.3. The highest BCUT2D eigenvalue weighted by Gasteiger charge is 2.08. The molecule has 2 nitrogen and oxygen atoms in total. The number of hydrogen-bond acceptors (Lipinski definition) is 2. The van der Waals surface area contributed by atoms with Gasteiger partial charge in [-0.3, -0.25) is 4.99 Å². The average molecular weight is 147 g/mol. The van der Waals surface area contributed by atoms with Crippen molar-refractivity contribution in [1.82, 2.24) is 0 Å². The van der Waals surface area contributed by atoms with Crippen LogP contribution in [-0.2, 0) is 4.74 Å². The van der Waals surface area contributed by atoms with Gasteiger partial charge in [0.05, 0.1) is 6.26 Å². The molecule has 2 heteroatoms. The molecule has 0 aliphatic carbocycles. The van der Waals surface area contributed by atoms with E-state index in [1.54, 1.807) is 24.5 Å². The zero-order valence-corrected chi connectivity index (χ0v) is 6.16. The quantitative estimate of drug-likeness (QED) is 0.586. The highest BCUT2D eigenvalue weighted by atomic mass is 16.5. The van der Waals surface area contributed by atoms with Gasteiger partial charge in [-0.15, -0.1) is 0 Å². The standard InChI is InChI=1S/C9H9NO/c1-3-5-9-8(10-4-2)6-7-11-9/h3-7H,1-2H2/b9-5+,10-8-. The molecule has 0 N–H and O–H groups in total. The van der Waals surface area contributed by atoms with Gasteiger partial charge in [0.15, 0.2) is 5.76 Å². The Hall–Kier alpha value is -1.57. The maximum Gasteiger partial charge on any atom is 0.152 e. The van der Waals surface area contributed by atoms with E-state index in [2.05, 4.69) is 18.2 Å². The molecule has 0 unspecified atom stereocenters. The number of rotatable bonds is 2. The number of hydrogen-bond donors (Lipinski definition) is 0. The lowest BCUT2D eigenvalue weighted by Gasteiger charge is -1.94. The van der Waals surface area contributed by atoms with Crippen molar-refractivity contribution < 1.29 is 4.74 Å². The second-order valence-electron chi connectivity index (χ2n) is 1.88. The molecular weight excluding hydrogens is 138 g/mol. The summed E-state index contributed by atoms with van der Waals surface area (Å²) >= 11 is 0. The Bertz CT molecular complexity index is 259. The molecule has 0 aromatic heterocycles. The van der Waals surface area contributed by atoms with Crippen molar-refractivity contribution in [3.8, 4) is 0 Å². The molecule has 0 radical (unpaired) electrons. The summed E-state index contributed by atoms with van der Waals surface area (Å²) in [5, 5.41) is 0. The lowest BCUT2D eigenvalue weighted by molar-refractivity contribution is 0.389. The Balaban J connectivity index is 2.87. The predicted octanol–water partition coefficient (Wildman–Crippen LogP) is 2.18. The van der Waals surface area contributed by atoms with Crippen molar-refractivity contribution in [2.24, 2.45) is 4.99 Å². The summed E-state index contributed by atoms with van der Waals surface area (Å²) in [5.41, 5.74) is 0.778. The van der Waals surface area contributed by atoms with Crippen molar-refractivity contribution in [2.45, 2.75) is 0 Å². The molecule has 11 heavy (non-hydrogen) atoms. The molecule has 0 fully saturated rings. The summed E-state index contributed by atoms with van der Waals surface area (Å²) in [6.45, 7) is 7.04. The fourth-order valence-corrected chi connectivity index (χ4v) is 0.751. The fraction of sp³-hybridized carbons (Fsp3) is 0. The van der Waals surface area contributed by atoms with Crippen LogP contribution < -0.4 is 0 Å². The van der Waals surface area contributed by atoms with Gasteiger partial charge in [-0.05, 0) is 6.08 Å². The summed E-state index contributed by atoms with van der Waals surface area (Å²) < 4.78 is 5.09. The van der Waals surface area contributed by atoms with Crippen LogP contribution in [0.4, 0.5) is 0 Å². The van der Waals surface area contributed by atoms with Crippen LogP contribution in [0.15, 0.2) is 54.6 Å². The summed E-state index contributed by atoms with van der Waals surface area (Å²) in [7, 11) is 0. The number of allylic oxidation sites excluding steroid dienone is 3. The van der Waals surface area contributed by atoms with E-state index in [0.717, 1.165) is 5.71 Å². The Kier molecular flexibility index (Phi) is 2.44. The first-order chi connectivity index (χ1) is 5.38. The molecule has 0 aromatic carbocycles. The summed E-state index contributed by atoms with van der Waals surface area (Å²) in [5.74, 6) is 0.708. The molecule has 0 aromatic rings. The molecule has 1 rings (SSSR count). The zero-order valence-electron chi connectivity index (χ0n) is 6.16. The molecule has 1 aliphatic heterocycles. The van der Waals surface area contributed by atoms with Crippen LogP contribution in [0.3, 0.4) is 0 Å². The first kappa shape index (κ1) is 7.54. The molecule has 1 heterocycles. The molecule has 1 aliphatic rings. The average Bonchev–Trinajstić information content (AvgIpc) is 2.39. The molecule has 0 atom stereocenters. The Morgan fingerprint density at radius 3 is 2.91 bits per heavy atom. The second kappa shape index (κ2) is 3.56. The summed E-state index contributed by atoms with van der Waals surface area (Å²) in [6.07, 6.45) is 8.24. The third kappa shape index (κ3) is 1.67. The van der Waals surface area contributed by atoms with Crippen molar-refractivity contribution in [3.05, 3.63) is 49.6 Å². The zero-order chi connectivity index (χ0) is 8.10. The Labute approximate surface area is 65.9 Å². The van der Waals surface area contributed by atoms with Crippen LogP contribution in [0.25, 0.3) is 0 Å². The van der Waals surface area contributed by atoms with Gasteiger partial charge in [-0.1, -0.05) is 19.2 Å². The smallest absolute Gasteiger partial charge is 0.152 e. The first-order valence-corrected chi connectivity index (χ1v) is 3.23. The van der Waals surface area contributed by atoms with E-state index in [9.17, 15) is 0 Å². The highest BCUT2D eigenvalue weighted by Crippen LogP contribution is 2.10. The second-order valence-corrected chi connectivity index (χ2v) is 1.88. The highest BCUT2D eigenvalue weighted by molar-refractivity contribution is 6.08. The van der Waals surface area contributed by atoms with E-state index in [0.29, 0.717) is 5.76 Å². The van der Waals surface area contributed by atoms with Crippen molar-refractivity contribution >= 4 is 5.71 Å². The van der Waals surface area contributed by atoms with E-state index < -0.39 is 0 Å². The largest absolute Gasteiger partial charge is 0.463 e. The van der Waals surface area contributed by atoms with Crippen LogP contribution >= 0.6 is 0 Å². The van der Waals surface area contributed by atoms with Gasteiger partial charge in [0.1, 0.15) is 5.71 Å². The van der Waals surface area contributed by atoms with Gasteiger partial charge in [0.2, 0.25) is 0 Å². The van der Waals surface area contributed by atoms with Crippen LogP contribution in [0.1, 0.15) is 0 Å². The molecule has 0 amide bonds. The van der Waals surface area contributed by atoms with E-state index in [1.807, 2.05) is 0 Å². The van der Waals surface area contributed by atoms with Crippen molar-refractivity contribution in [1.29, 1.82) is 0 Å². The van der Waals surface area contributed by atoms with Crippen molar-refractivity contribution in [2.75, 3.05) is 0 Å². The Morgan fingerprint density at radius 1 is 1.45 bits per heavy atom. The molecule has 56 valence electrons. The number of ether oxygens (including phenoxy) is 1. The van der Waals surface area contributed by atoms with E-state index >= 15 is 0 Å². The fourth-order valence-electron chi connectivity index (χ4n) is 0.751. The topological polar surface area (TPSA) is 21.6 Å². The molecular formula is C9H9NO. The monoisotopic (exact) mass is 147 g/mol. The van der Waals surface area contributed by atoms with Gasteiger partial charge < -0.3 is 4.74 Å². The lowest BCUT2D eigenvalue weighted by Crippen LogP contribution is -1.92. The van der Waals surface area contributed by atoms with Crippen molar-refractivity contribution in [3.63, 3.8) is 0 Å². The van der Waals surface area contributed by atoms with Gasteiger partial charge in [0, 0.05) is 12.3 Å². The molecule has 0 spiro atoms. The SMILES string of the molecule is C=C/C=C1/OC=C/C1=N/C=C. The van der Waals surface area contributed by atoms with Gasteiger partial charge in [-0.25, -0.2) is 0 Å². The summed E-state index contributed by atoms with van der Waals surface area (Å²) in [4.78, 5) is 3.98. The minimum Gasteiger partial charge on any atom is -0.463 e. The van der Waals surface area contributed by atoms with E-state index in [4.69, 9.17) is 4.74 Å². The summed E-state index contributed by atoms with van der Waals surface area (Å²) in [6, 6.07) is 0. The molecule has 0 saturated heterocycles. The predicted molar refractivity (Wildman–Crippen MR) is 46.1 cm³/mol. The molecule has 0 bridgehead atoms.